The SMILES string of the molecule is CN/C([S-])=N/N=C(/C(=N/N=C(\[S-])NC)c1ccc(C(N)=O)cc1)c1ccccc1.[Cu+2]. The zero-order valence-corrected chi connectivity index (χ0v) is 18.7. The van der Waals surface area contributed by atoms with Gasteiger partial charge >= 0.3 is 17.1 Å². The molecule has 11 heteroatoms. The minimum Gasteiger partial charge on any atom is -0.741 e. The van der Waals surface area contributed by atoms with Crippen LogP contribution in [0.2, 0.25) is 0 Å². The Hall–Kier alpha value is -2.85. The predicted molar refractivity (Wildman–Crippen MR) is 122 cm³/mol. The maximum Gasteiger partial charge on any atom is 2.00 e. The molecule has 0 fully saturated rings. The van der Waals surface area contributed by atoms with Gasteiger partial charge in [0.1, 0.15) is 11.4 Å². The molecule has 0 unspecified atom stereocenters. The fourth-order valence-corrected chi connectivity index (χ4v) is 2.24. The van der Waals surface area contributed by atoms with Crippen LogP contribution in [0.3, 0.4) is 0 Å². The molecule has 0 aliphatic rings. The zero-order chi connectivity index (χ0) is 21.2. The Balaban J connectivity index is 0.00000450. The Morgan fingerprint density at radius 3 is 1.53 bits per heavy atom. The van der Waals surface area contributed by atoms with Gasteiger partial charge in [-0.25, -0.2) is 0 Å². The molecule has 1 amide bonds. The van der Waals surface area contributed by atoms with Crippen LogP contribution in [0, 0.1) is 0 Å². The van der Waals surface area contributed by atoms with E-state index in [0.717, 1.165) is 5.56 Å². The van der Waals surface area contributed by atoms with E-state index < -0.39 is 5.91 Å². The summed E-state index contributed by atoms with van der Waals surface area (Å²) in [6.07, 6.45) is 0. The first-order valence-electron chi connectivity index (χ1n) is 8.43. The van der Waals surface area contributed by atoms with E-state index in [1.54, 1.807) is 38.4 Å². The van der Waals surface area contributed by atoms with Gasteiger partial charge in [-0.1, -0.05) is 42.5 Å². The first-order valence-corrected chi connectivity index (χ1v) is 9.24. The molecule has 30 heavy (non-hydrogen) atoms. The molecule has 159 valence electrons. The number of amides is 1. The van der Waals surface area contributed by atoms with E-state index in [1.807, 2.05) is 30.3 Å². The van der Waals surface area contributed by atoms with Gasteiger partial charge in [-0.05, 0) is 22.5 Å². The molecule has 0 aliphatic carbocycles. The van der Waals surface area contributed by atoms with Crippen molar-refractivity contribution in [3.05, 3.63) is 71.3 Å². The number of nitrogens with two attached hydrogens (primary N) is 1. The Kier molecular flexibility index (Phi) is 10.6. The maximum absolute atomic E-state index is 11.4. The molecule has 2 rings (SSSR count). The minimum atomic E-state index is -0.526. The molecule has 0 saturated heterocycles. The molecule has 0 atom stereocenters. The van der Waals surface area contributed by atoms with Crippen LogP contribution in [0.1, 0.15) is 21.5 Å². The van der Waals surface area contributed by atoms with E-state index in [9.17, 15) is 4.79 Å². The molecule has 2 aromatic rings. The number of nitrogens with zero attached hydrogens (tertiary/aromatic N) is 4. The average Bonchev–Trinajstić information content (AvgIpc) is 2.76. The first kappa shape index (κ1) is 25.2. The monoisotopic (exact) mass is 488 g/mol. The van der Waals surface area contributed by atoms with E-state index in [1.165, 1.54) is 0 Å². The van der Waals surface area contributed by atoms with Crippen LogP contribution in [-0.4, -0.2) is 41.8 Å². The van der Waals surface area contributed by atoms with Crippen molar-refractivity contribution in [2.75, 3.05) is 14.1 Å². The van der Waals surface area contributed by atoms with Gasteiger partial charge in [0.05, 0.1) is 0 Å². The van der Waals surface area contributed by atoms with E-state index in [4.69, 9.17) is 31.0 Å². The molecular weight excluding hydrogens is 470 g/mol. The standard InChI is InChI=1S/C19H21N7OS2.Cu/c1-21-18(28)25-23-15(12-6-4-3-5-7-12)16(24-26-19(29)22-2)13-8-10-14(11-9-13)17(20)27;/h3-11H,1-2H3,(H2,20,27)(H2,21,25,28)(H2,22,26,29);/q;+2/p-2/b23-15+,24-16+;. The molecule has 0 saturated carbocycles. The number of hydrogen-bond acceptors (Lipinski definition) is 7. The van der Waals surface area contributed by atoms with Crippen LogP contribution < -0.4 is 16.4 Å². The van der Waals surface area contributed by atoms with Crippen LogP contribution in [-0.2, 0) is 42.3 Å². The second-order valence-corrected chi connectivity index (χ2v) is 6.29. The number of benzene rings is 2. The number of hydrogen-bond donors (Lipinski definition) is 3. The quantitative estimate of drug-likeness (QED) is 0.185. The van der Waals surface area contributed by atoms with Crippen LogP contribution in [0.5, 0.6) is 0 Å². The molecule has 0 bridgehead atoms. The average molecular weight is 489 g/mol. The van der Waals surface area contributed by atoms with Crippen molar-refractivity contribution >= 4 is 52.9 Å². The number of primary amides is 1. The normalized spacial score (nSPS) is 12.7. The summed E-state index contributed by atoms with van der Waals surface area (Å²) >= 11 is 10.1. The molecule has 0 spiro atoms. The van der Waals surface area contributed by atoms with Crippen molar-refractivity contribution in [1.29, 1.82) is 0 Å². The van der Waals surface area contributed by atoms with Crippen molar-refractivity contribution in [1.82, 2.24) is 10.6 Å². The number of carbonyl (C=O) groups excluding carboxylic acids is 1. The molecule has 8 nitrogen and oxygen atoms in total. The van der Waals surface area contributed by atoms with E-state index >= 15 is 0 Å². The Morgan fingerprint density at radius 1 is 0.733 bits per heavy atom. The van der Waals surface area contributed by atoms with Crippen molar-refractivity contribution in [3.8, 4) is 0 Å². The van der Waals surface area contributed by atoms with Gasteiger partial charge in [0.25, 0.3) is 0 Å². The predicted octanol–water partition coefficient (Wildman–Crippen LogP) is 1.14. The molecule has 0 heterocycles. The van der Waals surface area contributed by atoms with Gasteiger partial charge in [-0.15, -0.1) is 10.2 Å². The molecule has 0 aliphatic heterocycles. The van der Waals surface area contributed by atoms with Gasteiger partial charge in [0.15, 0.2) is 0 Å². The Morgan fingerprint density at radius 2 is 1.13 bits per heavy atom. The van der Waals surface area contributed by atoms with E-state index in [2.05, 4.69) is 31.0 Å². The molecule has 4 N–H and O–H groups in total. The van der Waals surface area contributed by atoms with Crippen LogP contribution in [0.4, 0.5) is 0 Å². The Bertz CT molecular complexity index is 974. The van der Waals surface area contributed by atoms with Gasteiger partial charge in [0.2, 0.25) is 5.91 Å². The third-order valence-electron chi connectivity index (χ3n) is 3.62. The summed E-state index contributed by atoms with van der Waals surface area (Å²) in [7, 11) is 3.30. The second-order valence-electron chi connectivity index (χ2n) is 5.52. The van der Waals surface area contributed by atoms with E-state index in [0.29, 0.717) is 22.6 Å². The molecule has 1 radical (unpaired) electrons. The van der Waals surface area contributed by atoms with Crippen molar-refractivity contribution < 1.29 is 21.9 Å². The largest absolute Gasteiger partial charge is 2.00 e. The van der Waals surface area contributed by atoms with Crippen LogP contribution in [0.15, 0.2) is 75.0 Å². The van der Waals surface area contributed by atoms with E-state index in [-0.39, 0.29) is 27.4 Å². The fourth-order valence-electron chi connectivity index (χ4n) is 2.16. The summed E-state index contributed by atoms with van der Waals surface area (Å²) in [4.78, 5) is 11.4. The number of rotatable bonds is 6. The second kappa shape index (κ2) is 12.7. The van der Waals surface area contributed by atoms with Gasteiger partial charge in [-0.3, -0.25) is 4.79 Å². The summed E-state index contributed by atoms with van der Waals surface area (Å²) in [6, 6.07) is 15.9. The zero-order valence-electron chi connectivity index (χ0n) is 16.1. The molecular formula is C19H19CuN7OS2. The van der Waals surface area contributed by atoms with Crippen LogP contribution >= 0.6 is 0 Å². The topological polar surface area (TPSA) is 117 Å². The summed E-state index contributed by atoms with van der Waals surface area (Å²) in [6.45, 7) is 0. The number of nitrogens with one attached hydrogen (secondary N) is 2. The van der Waals surface area contributed by atoms with Gasteiger partial charge in [0, 0.05) is 30.8 Å². The van der Waals surface area contributed by atoms with Crippen molar-refractivity contribution in [2.24, 2.45) is 26.1 Å². The van der Waals surface area contributed by atoms with Crippen molar-refractivity contribution in [3.63, 3.8) is 0 Å². The van der Waals surface area contributed by atoms with Gasteiger partial charge < -0.3 is 41.6 Å². The molecule has 2 aromatic carbocycles. The summed E-state index contributed by atoms with van der Waals surface area (Å²) in [5.74, 6) is -0.526. The minimum absolute atomic E-state index is 0. The Labute approximate surface area is 196 Å². The first-order chi connectivity index (χ1) is 14.0. The maximum atomic E-state index is 11.4. The number of amidine groups is 2. The third kappa shape index (κ3) is 7.20. The van der Waals surface area contributed by atoms with Crippen molar-refractivity contribution in [2.45, 2.75) is 0 Å². The van der Waals surface area contributed by atoms with Gasteiger partial charge in [-0.2, -0.15) is 10.2 Å². The number of carbonyl (C=O) groups is 1. The van der Waals surface area contributed by atoms with Crippen LogP contribution in [0.25, 0.3) is 0 Å². The summed E-state index contributed by atoms with van der Waals surface area (Å²) < 4.78 is 0. The molecule has 0 aromatic heterocycles. The summed E-state index contributed by atoms with van der Waals surface area (Å²) in [5, 5.41) is 22.5. The smallest absolute Gasteiger partial charge is 0.741 e. The fraction of sp³-hybridized carbons (Fsp3) is 0.105. The summed E-state index contributed by atoms with van der Waals surface area (Å²) in [5.41, 5.74) is 7.92. The third-order valence-corrected chi connectivity index (χ3v) is 4.20.